The molecule has 1 N–H and O–H groups in total. The Morgan fingerprint density at radius 2 is 2.39 bits per heavy atom. The first-order valence-electron chi connectivity index (χ1n) is 5.13. The normalized spacial score (nSPS) is 22.1. The van der Waals surface area contributed by atoms with Crippen LogP contribution >= 0.6 is 11.6 Å². The van der Waals surface area contributed by atoms with Crippen molar-refractivity contribution in [2.75, 3.05) is 7.11 Å². The van der Waals surface area contributed by atoms with Crippen LogP contribution in [0.25, 0.3) is 0 Å². The van der Waals surface area contributed by atoms with Crippen molar-refractivity contribution < 1.29 is 13.9 Å². The van der Waals surface area contributed by atoms with Crippen molar-refractivity contribution in [1.82, 2.24) is 10.3 Å². The molecule has 1 aliphatic rings. The Morgan fingerprint density at radius 3 is 3.06 bits per heavy atom. The number of rotatable bonds is 2. The van der Waals surface area contributed by atoms with Crippen LogP contribution < -0.4 is 5.32 Å². The van der Waals surface area contributed by atoms with Crippen molar-refractivity contribution >= 4 is 17.6 Å². The summed E-state index contributed by atoms with van der Waals surface area (Å²) >= 11 is 5.85. The van der Waals surface area contributed by atoms with Crippen molar-refractivity contribution in [3.05, 3.63) is 53.0 Å². The van der Waals surface area contributed by atoms with Crippen molar-refractivity contribution in [3.8, 4) is 0 Å². The molecule has 1 aliphatic heterocycles. The van der Waals surface area contributed by atoms with E-state index in [1.165, 1.54) is 37.6 Å². The highest BCUT2D eigenvalue weighted by Gasteiger charge is 2.35. The molecule has 0 amide bonds. The topological polar surface area (TPSA) is 51.2 Å². The molecule has 0 saturated carbocycles. The molecule has 1 unspecified atom stereocenters. The molecule has 18 heavy (non-hydrogen) atoms. The van der Waals surface area contributed by atoms with E-state index in [1.54, 1.807) is 6.07 Å². The summed E-state index contributed by atoms with van der Waals surface area (Å²) in [7, 11) is 1.22. The van der Waals surface area contributed by atoms with Gasteiger partial charge in [-0.15, -0.1) is 0 Å². The second-order valence-corrected chi connectivity index (χ2v) is 3.97. The molecule has 2 heterocycles. The van der Waals surface area contributed by atoms with E-state index in [0.29, 0.717) is 0 Å². The third-order valence-electron chi connectivity index (χ3n) is 2.46. The third kappa shape index (κ3) is 2.22. The summed E-state index contributed by atoms with van der Waals surface area (Å²) < 4.78 is 19.3. The number of carbonyl (C=O) groups is 1. The lowest BCUT2D eigenvalue weighted by molar-refractivity contribution is -0.137. The zero-order valence-electron chi connectivity index (χ0n) is 9.48. The Kier molecular flexibility index (Phi) is 3.34. The Hall–Kier alpha value is -1.88. The molecular weight excluding hydrogens is 259 g/mol. The Labute approximate surface area is 108 Å². The van der Waals surface area contributed by atoms with Gasteiger partial charge in [-0.2, -0.15) is 0 Å². The summed E-state index contributed by atoms with van der Waals surface area (Å²) in [6, 6.07) is 3.06. The van der Waals surface area contributed by atoms with E-state index in [1.807, 2.05) is 0 Å². The number of ether oxygens (including phenoxy) is 1. The number of carbonyl (C=O) groups excluding carboxylic acids is 1. The lowest BCUT2D eigenvalue weighted by Crippen LogP contribution is -2.40. The number of halogens is 2. The smallest absolute Gasteiger partial charge is 0.354 e. The van der Waals surface area contributed by atoms with Crippen molar-refractivity contribution in [2.45, 2.75) is 5.79 Å². The van der Waals surface area contributed by atoms with Gasteiger partial charge in [-0.3, -0.25) is 0 Å². The van der Waals surface area contributed by atoms with Gasteiger partial charge in [-0.1, -0.05) is 17.7 Å². The first kappa shape index (κ1) is 12.6. The van der Waals surface area contributed by atoms with Crippen LogP contribution in [0.15, 0.2) is 42.3 Å². The van der Waals surface area contributed by atoms with Gasteiger partial charge >= 0.3 is 5.97 Å². The zero-order chi connectivity index (χ0) is 13.2. The number of hydrogen-bond donors (Lipinski definition) is 1. The average molecular weight is 269 g/mol. The molecule has 1 aromatic rings. The molecule has 0 aliphatic carbocycles. The van der Waals surface area contributed by atoms with E-state index in [4.69, 9.17) is 11.6 Å². The molecule has 4 nitrogen and oxygen atoms in total. The van der Waals surface area contributed by atoms with Gasteiger partial charge in [-0.25, -0.2) is 14.2 Å². The molecule has 0 saturated heterocycles. The van der Waals surface area contributed by atoms with Crippen molar-refractivity contribution in [1.29, 1.82) is 0 Å². The second-order valence-electron chi connectivity index (χ2n) is 3.61. The molecular formula is C12H10ClFN2O2. The lowest BCUT2D eigenvalue weighted by atomic mass is 10.0. The van der Waals surface area contributed by atoms with Crippen LogP contribution in [0.4, 0.5) is 4.39 Å². The van der Waals surface area contributed by atoms with Crippen LogP contribution in [0.3, 0.4) is 0 Å². The zero-order valence-corrected chi connectivity index (χ0v) is 10.2. The SMILES string of the molecule is COC(=O)C1=CC=CC(F)(c2cccnc2Cl)N1. The van der Waals surface area contributed by atoms with E-state index >= 15 is 0 Å². The van der Waals surface area contributed by atoms with E-state index in [0.717, 1.165) is 0 Å². The van der Waals surface area contributed by atoms with Gasteiger partial charge in [0.25, 0.3) is 0 Å². The molecule has 1 aromatic heterocycles. The van der Waals surface area contributed by atoms with Gasteiger partial charge in [0.2, 0.25) is 5.79 Å². The van der Waals surface area contributed by atoms with Crippen LogP contribution in [-0.2, 0) is 15.3 Å². The minimum atomic E-state index is -2.08. The highest BCUT2D eigenvalue weighted by molar-refractivity contribution is 6.30. The standard InChI is InChI=1S/C12H10ClFN2O2/c1-18-11(17)9-5-2-6-12(14,16-9)8-4-3-7-15-10(8)13/h2-7,16H,1H3. The number of alkyl halides is 1. The van der Waals surface area contributed by atoms with Gasteiger partial charge in [0, 0.05) is 6.20 Å². The van der Waals surface area contributed by atoms with Crippen LogP contribution in [0.1, 0.15) is 5.56 Å². The Balaban J connectivity index is 2.36. The molecule has 94 valence electrons. The molecule has 0 aromatic carbocycles. The summed E-state index contributed by atoms with van der Waals surface area (Å²) in [5, 5.41) is 2.48. The quantitative estimate of drug-likeness (QED) is 0.507. The highest BCUT2D eigenvalue weighted by Crippen LogP contribution is 2.32. The summed E-state index contributed by atoms with van der Waals surface area (Å²) in [4.78, 5) is 15.2. The number of pyridine rings is 1. The van der Waals surface area contributed by atoms with Gasteiger partial charge < -0.3 is 10.1 Å². The number of nitrogens with one attached hydrogen (secondary N) is 1. The fourth-order valence-corrected chi connectivity index (χ4v) is 1.86. The summed E-state index contributed by atoms with van der Waals surface area (Å²) in [5.74, 6) is -2.73. The van der Waals surface area contributed by atoms with Crippen molar-refractivity contribution in [3.63, 3.8) is 0 Å². The maximum Gasteiger partial charge on any atom is 0.354 e. The fourth-order valence-electron chi connectivity index (χ4n) is 1.60. The molecule has 1 atom stereocenters. The predicted molar refractivity (Wildman–Crippen MR) is 64.4 cm³/mol. The summed E-state index contributed by atoms with van der Waals surface area (Å²) in [6.45, 7) is 0. The number of nitrogens with zero attached hydrogens (tertiary/aromatic N) is 1. The molecule has 0 spiro atoms. The van der Waals surface area contributed by atoms with Gasteiger partial charge in [0.15, 0.2) is 0 Å². The highest BCUT2D eigenvalue weighted by atomic mass is 35.5. The first-order valence-corrected chi connectivity index (χ1v) is 5.50. The molecule has 6 heteroatoms. The maximum absolute atomic E-state index is 14.7. The maximum atomic E-state index is 14.7. The molecule has 0 bridgehead atoms. The Morgan fingerprint density at radius 1 is 1.61 bits per heavy atom. The van der Waals surface area contributed by atoms with Gasteiger partial charge in [0.05, 0.1) is 12.7 Å². The minimum Gasteiger partial charge on any atom is -0.464 e. The van der Waals surface area contributed by atoms with Gasteiger partial charge in [0.1, 0.15) is 10.9 Å². The number of hydrogen-bond acceptors (Lipinski definition) is 4. The van der Waals surface area contributed by atoms with E-state index < -0.39 is 11.8 Å². The van der Waals surface area contributed by atoms with E-state index in [2.05, 4.69) is 15.0 Å². The first-order chi connectivity index (χ1) is 8.57. The molecule has 2 rings (SSSR count). The Bertz CT molecular complexity index is 545. The molecule has 0 radical (unpaired) electrons. The van der Waals surface area contributed by atoms with Crippen LogP contribution in [0.5, 0.6) is 0 Å². The van der Waals surface area contributed by atoms with Crippen LogP contribution in [0, 0.1) is 0 Å². The van der Waals surface area contributed by atoms with Gasteiger partial charge in [-0.05, 0) is 24.3 Å². The number of methoxy groups -OCH3 is 1. The summed E-state index contributed by atoms with van der Waals surface area (Å²) in [6.07, 6.45) is 5.56. The van der Waals surface area contributed by atoms with E-state index in [-0.39, 0.29) is 16.4 Å². The number of dihydropyridines is 1. The third-order valence-corrected chi connectivity index (χ3v) is 2.76. The minimum absolute atomic E-state index is 0.0161. The molecule has 0 fully saturated rings. The predicted octanol–water partition coefficient (Wildman–Crippen LogP) is 2.07. The van der Waals surface area contributed by atoms with Crippen molar-refractivity contribution in [2.24, 2.45) is 0 Å². The summed E-state index contributed by atoms with van der Waals surface area (Å²) in [5.41, 5.74) is 0.153. The number of aromatic nitrogens is 1. The lowest BCUT2D eigenvalue weighted by Gasteiger charge is -2.27. The monoisotopic (exact) mass is 268 g/mol. The largest absolute Gasteiger partial charge is 0.464 e. The number of allylic oxidation sites excluding steroid dienone is 2. The number of esters is 1. The van der Waals surface area contributed by atoms with Crippen LogP contribution in [0.2, 0.25) is 5.15 Å². The fraction of sp³-hybridized carbons (Fsp3) is 0.167. The second kappa shape index (κ2) is 4.78. The van der Waals surface area contributed by atoms with Crippen LogP contribution in [-0.4, -0.2) is 18.1 Å². The van der Waals surface area contributed by atoms with E-state index in [9.17, 15) is 9.18 Å². The average Bonchev–Trinajstić information content (AvgIpc) is 2.38.